The lowest BCUT2D eigenvalue weighted by atomic mass is 9.94. The first-order valence-corrected chi connectivity index (χ1v) is 4.21. The monoisotopic (exact) mass is 169 g/mol. The van der Waals surface area contributed by atoms with Crippen molar-refractivity contribution in [2.24, 2.45) is 5.73 Å². The minimum Gasteiger partial charge on any atom is -0.376 e. The molecule has 4 nitrogen and oxygen atoms in total. The zero-order chi connectivity index (χ0) is 8.81. The van der Waals surface area contributed by atoms with Crippen LogP contribution in [0.4, 0.5) is 0 Å². The second-order valence-corrected chi connectivity index (χ2v) is 2.86. The predicted octanol–water partition coefficient (Wildman–Crippen LogP) is -1.15. The van der Waals surface area contributed by atoms with Crippen LogP contribution in [0.3, 0.4) is 0 Å². The Morgan fingerprint density at radius 2 is 2.58 bits per heavy atom. The van der Waals surface area contributed by atoms with Crippen LogP contribution in [0.15, 0.2) is 0 Å². The molecule has 67 valence electrons. The minimum absolute atomic E-state index is 0.0729. The third-order valence-corrected chi connectivity index (χ3v) is 1.92. The van der Waals surface area contributed by atoms with E-state index in [1.54, 1.807) is 7.41 Å². The molecule has 0 spiro atoms. The van der Waals surface area contributed by atoms with Gasteiger partial charge in [0, 0.05) is 19.7 Å². The molecule has 1 saturated heterocycles. The molecule has 0 aromatic heterocycles. The second-order valence-electron chi connectivity index (χ2n) is 2.86. The van der Waals surface area contributed by atoms with Crippen LogP contribution in [0.5, 0.6) is 0 Å². The van der Waals surface area contributed by atoms with Crippen molar-refractivity contribution in [3.8, 4) is 0 Å². The van der Waals surface area contributed by atoms with E-state index in [4.69, 9.17) is 10.5 Å². The summed E-state index contributed by atoms with van der Waals surface area (Å²) in [6.45, 7) is 2.87. The quantitative estimate of drug-likeness (QED) is 0.428. The van der Waals surface area contributed by atoms with Crippen LogP contribution in [-0.2, 0) is 9.53 Å². The Balaban J connectivity index is 2.35. The fourth-order valence-electron chi connectivity index (χ4n) is 1.29. The highest BCUT2D eigenvalue weighted by atomic mass is 16.5. The van der Waals surface area contributed by atoms with Gasteiger partial charge in [0.1, 0.15) is 0 Å². The van der Waals surface area contributed by atoms with Gasteiger partial charge in [0.2, 0.25) is 0 Å². The molecule has 1 rings (SSSR count). The Bertz CT molecular complexity index is 145. The Morgan fingerprint density at radius 3 is 3.25 bits per heavy atom. The maximum absolute atomic E-state index is 10.2. The fraction of sp³-hybridized carbons (Fsp3) is 0.857. The topological polar surface area (TPSA) is 55.6 Å². The average molecular weight is 169 g/mol. The van der Waals surface area contributed by atoms with Gasteiger partial charge in [-0.3, -0.25) is 0 Å². The number of hydrogen-bond acceptors (Lipinski definition) is 4. The number of nitrogens with zero attached hydrogens (tertiary/aromatic N) is 1. The Labute approximate surface area is 73.3 Å². The van der Waals surface area contributed by atoms with Gasteiger partial charge in [-0.05, 0) is 13.0 Å². The summed E-state index contributed by atoms with van der Waals surface area (Å²) in [5.74, 6) is 0. The summed E-state index contributed by atoms with van der Waals surface area (Å²) in [6.07, 6.45) is 1.84. The van der Waals surface area contributed by atoms with E-state index in [1.807, 2.05) is 4.81 Å². The number of rotatable bonds is 3. The van der Waals surface area contributed by atoms with Gasteiger partial charge in [-0.25, -0.2) is 0 Å². The van der Waals surface area contributed by atoms with E-state index in [-0.39, 0.29) is 6.10 Å². The summed E-state index contributed by atoms with van der Waals surface area (Å²) in [4.78, 5) is 12.2. The first kappa shape index (κ1) is 9.70. The molecule has 0 aromatic rings. The van der Waals surface area contributed by atoms with Crippen LogP contribution in [0.25, 0.3) is 0 Å². The van der Waals surface area contributed by atoms with Crippen molar-refractivity contribution in [1.29, 1.82) is 0 Å². The summed E-state index contributed by atoms with van der Waals surface area (Å²) >= 11 is 0. The van der Waals surface area contributed by atoms with Crippen LogP contribution in [0.1, 0.15) is 6.42 Å². The maximum Gasteiger partial charge on any atom is 0.293 e. The molecule has 0 bridgehead atoms. The molecule has 12 heavy (non-hydrogen) atoms. The average Bonchev–Trinajstić information content (AvgIpc) is 2.30. The van der Waals surface area contributed by atoms with Gasteiger partial charge in [-0.2, -0.15) is 0 Å². The Morgan fingerprint density at radius 1 is 1.75 bits per heavy atom. The van der Waals surface area contributed by atoms with Gasteiger partial charge in [0.25, 0.3) is 7.41 Å². The van der Waals surface area contributed by atoms with Crippen molar-refractivity contribution in [3.63, 3.8) is 0 Å². The highest BCUT2D eigenvalue weighted by Crippen LogP contribution is 2.02. The summed E-state index contributed by atoms with van der Waals surface area (Å²) in [5.41, 5.74) is 5.48. The van der Waals surface area contributed by atoms with E-state index in [9.17, 15) is 4.79 Å². The molecule has 0 aromatic carbocycles. The van der Waals surface area contributed by atoms with Crippen molar-refractivity contribution in [2.75, 3.05) is 26.2 Å². The lowest BCUT2D eigenvalue weighted by molar-refractivity contribution is 0.0680. The molecular formula is C7H14BN2O2. The van der Waals surface area contributed by atoms with Gasteiger partial charge in [-0.1, -0.05) is 0 Å². The molecule has 0 saturated carbocycles. The van der Waals surface area contributed by atoms with Crippen LogP contribution in [0, 0.1) is 0 Å². The highest BCUT2D eigenvalue weighted by molar-refractivity contribution is 6.64. The second kappa shape index (κ2) is 5.29. The largest absolute Gasteiger partial charge is 0.376 e. The molecule has 0 aliphatic carbocycles. The third kappa shape index (κ3) is 2.93. The zero-order valence-corrected chi connectivity index (χ0v) is 7.11. The Hall–Kier alpha value is -0.385. The van der Waals surface area contributed by atoms with Crippen LogP contribution in [-0.4, -0.2) is 50.8 Å². The summed E-state index contributed by atoms with van der Waals surface area (Å²) in [7, 11) is 1.55. The summed E-state index contributed by atoms with van der Waals surface area (Å²) in [5, 5.41) is 0. The standard InChI is InChI=1S/C7H14BN2O2/c9-4-7-5-10(8-6-11)2-1-3-12-7/h6-7H,1-5,9H2/t7-/m1/s1. The van der Waals surface area contributed by atoms with Gasteiger partial charge in [-0.15, -0.1) is 0 Å². The van der Waals surface area contributed by atoms with Crippen LogP contribution in [0.2, 0.25) is 0 Å². The fourth-order valence-corrected chi connectivity index (χ4v) is 1.29. The van der Waals surface area contributed by atoms with E-state index in [1.165, 1.54) is 0 Å². The van der Waals surface area contributed by atoms with Gasteiger partial charge in [0.05, 0.1) is 12.3 Å². The maximum atomic E-state index is 10.2. The third-order valence-electron chi connectivity index (χ3n) is 1.92. The molecule has 1 atom stereocenters. The van der Waals surface area contributed by atoms with Crippen molar-refractivity contribution < 1.29 is 9.53 Å². The van der Waals surface area contributed by atoms with Crippen LogP contribution < -0.4 is 5.73 Å². The number of carbonyl (C=O) groups is 1. The van der Waals surface area contributed by atoms with E-state index in [2.05, 4.69) is 0 Å². The van der Waals surface area contributed by atoms with Crippen molar-refractivity contribution >= 4 is 13.6 Å². The molecule has 1 heterocycles. The van der Waals surface area contributed by atoms with Crippen LogP contribution >= 0.6 is 0 Å². The normalized spacial score (nSPS) is 26.2. The SMILES string of the molecule is NC[C@@H]1CN([B]C=O)CCCO1. The molecule has 0 amide bonds. The smallest absolute Gasteiger partial charge is 0.293 e. The first-order valence-electron chi connectivity index (χ1n) is 4.21. The predicted molar refractivity (Wildman–Crippen MR) is 47.5 cm³/mol. The lowest BCUT2D eigenvalue weighted by Gasteiger charge is -2.19. The van der Waals surface area contributed by atoms with E-state index >= 15 is 0 Å². The molecule has 2 N–H and O–H groups in total. The van der Waals surface area contributed by atoms with Gasteiger partial charge >= 0.3 is 0 Å². The number of hydrogen-bond donors (Lipinski definition) is 1. The first-order chi connectivity index (χ1) is 5.86. The lowest BCUT2D eigenvalue weighted by Crippen LogP contribution is -2.38. The summed E-state index contributed by atoms with van der Waals surface area (Å²) < 4.78 is 5.43. The van der Waals surface area contributed by atoms with Gasteiger partial charge < -0.3 is 20.1 Å². The molecule has 1 aliphatic rings. The zero-order valence-electron chi connectivity index (χ0n) is 7.11. The summed E-state index contributed by atoms with van der Waals surface area (Å²) in [6, 6.07) is 0. The number of nitrogens with two attached hydrogens (primary N) is 1. The number of carbonyl (C=O) groups excluding carboxylic acids is 1. The van der Waals surface area contributed by atoms with E-state index in [0.29, 0.717) is 6.54 Å². The molecule has 1 aliphatic heterocycles. The Kier molecular flexibility index (Phi) is 4.28. The molecule has 1 radical (unpaired) electrons. The van der Waals surface area contributed by atoms with Crippen molar-refractivity contribution in [3.05, 3.63) is 0 Å². The molecular weight excluding hydrogens is 155 g/mol. The van der Waals surface area contributed by atoms with Crippen molar-refractivity contribution in [2.45, 2.75) is 12.5 Å². The number of ether oxygens (including phenoxy) is 1. The van der Waals surface area contributed by atoms with Gasteiger partial charge in [0.15, 0.2) is 0 Å². The highest BCUT2D eigenvalue weighted by Gasteiger charge is 2.16. The van der Waals surface area contributed by atoms with E-state index in [0.717, 1.165) is 32.3 Å². The minimum atomic E-state index is 0.0729. The molecule has 1 fully saturated rings. The van der Waals surface area contributed by atoms with Crippen molar-refractivity contribution in [1.82, 2.24) is 4.81 Å². The van der Waals surface area contributed by atoms with E-state index < -0.39 is 0 Å². The molecule has 0 unspecified atom stereocenters. The molecule has 5 heteroatoms.